The van der Waals surface area contributed by atoms with Gasteiger partial charge in [0.25, 0.3) is 0 Å². The average molecular weight is 236 g/mol. The first-order valence-electron chi connectivity index (χ1n) is 6.74. The molecule has 0 aromatic heterocycles. The van der Waals surface area contributed by atoms with Crippen molar-refractivity contribution in [2.45, 2.75) is 51.1 Å². The first-order valence-corrected chi connectivity index (χ1v) is 6.74. The Morgan fingerprint density at radius 1 is 1.12 bits per heavy atom. The summed E-state index contributed by atoms with van der Waals surface area (Å²) < 4.78 is 0. The summed E-state index contributed by atoms with van der Waals surface area (Å²) in [7, 11) is 0. The van der Waals surface area contributed by atoms with Gasteiger partial charge < -0.3 is 10.6 Å². The highest BCUT2D eigenvalue weighted by molar-refractivity contribution is 5.88. The Labute approximate surface area is 102 Å². The lowest BCUT2D eigenvalue weighted by atomic mass is 10.0. The third-order valence-electron chi connectivity index (χ3n) is 4.29. The second-order valence-corrected chi connectivity index (χ2v) is 5.94. The van der Waals surface area contributed by atoms with Gasteiger partial charge in [0.2, 0.25) is 11.8 Å². The van der Waals surface area contributed by atoms with E-state index in [1.165, 1.54) is 6.42 Å². The summed E-state index contributed by atoms with van der Waals surface area (Å²) in [4.78, 5) is 23.6. The Hall–Kier alpha value is -1.06. The van der Waals surface area contributed by atoms with Gasteiger partial charge in [0.05, 0.1) is 0 Å². The SMILES string of the molecule is CC(NC(=O)C1CC2CC2C1)C(=O)NC1CC1. The van der Waals surface area contributed by atoms with Crippen molar-refractivity contribution in [1.29, 1.82) is 0 Å². The summed E-state index contributed by atoms with van der Waals surface area (Å²) in [6.45, 7) is 1.77. The summed E-state index contributed by atoms with van der Waals surface area (Å²) in [6.07, 6.45) is 5.55. The predicted molar refractivity (Wildman–Crippen MR) is 63.1 cm³/mol. The Balaban J connectivity index is 1.44. The van der Waals surface area contributed by atoms with Crippen molar-refractivity contribution in [2.24, 2.45) is 17.8 Å². The van der Waals surface area contributed by atoms with E-state index >= 15 is 0 Å². The molecule has 4 heteroatoms. The molecule has 3 aliphatic rings. The molecule has 94 valence electrons. The van der Waals surface area contributed by atoms with Crippen molar-refractivity contribution < 1.29 is 9.59 Å². The molecule has 2 amide bonds. The van der Waals surface area contributed by atoms with Gasteiger partial charge in [-0.25, -0.2) is 0 Å². The zero-order chi connectivity index (χ0) is 12.0. The molecule has 3 unspecified atom stereocenters. The number of rotatable bonds is 4. The van der Waals surface area contributed by atoms with E-state index in [1.807, 2.05) is 0 Å². The molecule has 3 saturated carbocycles. The molecule has 0 spiro atoms. The first-order chi connectivity index (χ1) is 8.13. The van der Waals surface area contributed by atoms with Gasteiger partial charge in [-0.05, 0) is 50.9 Å². The van der Waals surface area contributed by atoms with Gasteiger partial charge in [-0.15, -0.1) is 0 Å². The lowest BCUT2D eigenvalue weighted by Gasteiger charge is -2.17. The Morgan fingerprint density at radius 2 is 1.76 bits per heavy atom. The van der Waals surface area contributed by atoms with Crippen LogP contribution < -0.4 is 10.6 Å². The van der Waals surface area contributed by atoms with Crippen LogP contribution in [0.5, 0.6) is 0 Å². The number of hydrogen-bond donors (Lipinski definition) is 2. The van der Waals surface area contributed by atoms with Crippen LogP contribution in [0.3, 0.4) is 0 Å². The van der Waals surface area contributed by atoms with Gasteiger partial charge >= 0.3 is 0 Å². The molecule has 0 heterocycles. The normalized spacial score (nSPS) is 35.9. The van der Waals surface area contributed by atoms with Gasteiger partial charge in [0.15, 0.2) is 0 Å². The van der Waals surface area contributed by atoms with Gasteiger partial charge in [0.1, 0.15) is 6.04 Å². The molecule has 0 bridgehead atoms. The average Bonchev–Trinajstić information content (AvgIpc) is 3.20. The first kappa shape index (κ1) is 11.1. The van der Waals surface area contributed by atoms with E-state index in [-0.39, 0.29) is 23.8 Å². The molecule has 0 radical (unpaired) electrons. The van der Waals surface area contributed by atoms with Crippen LogP contribution in [0, 0.1) is 17.8 Å². The van der Waals surface area contributed by atoms with Crippen molar-refractivity contribution in [3.63, 3.8) is 0 Å². The van der Waals surface area contributed by atoms with Crippen molar-refractivity contribution in [1.82, 2.24) is 10.6 Å². The molecule has 0 aromatic rings. The Morgan fingerprint density at radius 3 is 2.35 bits per heavy atom. The zero-order valence-corrected chi connectivity index (χ0v) is 10.2. The van der Waals surface area contributed by atoms with Gasteiger partial charge in [0, 0.05) is 12.0 Å². The van der Waals surface area contributed by atoms with Crippen molar-refractivity contribution in [3.8, 4) is 0 Å². The molecule has 17 heavy (non-hydrogen) atoms. The van der Waals surface area contributed by atoms with Crippen LogP contribution >= 0.6 is 0 Å². The molecule has 0 aromatic carbocycles. The van der Waals surface area contributed by atoms with E-state index in [0.29, 0.717) is 6.04 Å². The maximum Gasteiger partial charge on any atom is 0.242 e. The van der Waals surface area contributed by atoms with Crippen LogP contribution in [-0.2, 0) is 9.59 Å². The van der Waals surface area contributed by atoms with Gasteiger partial charge in [-0.3, -0.25) is 9.59 Å². The third kappa shape index (κ3) is 2.45. The highest BCUT2D eigenvalue weighted by Gasteiger charge is 2.48. The summed E-state index contributed by atoms with van der Waals surface area (Å²) in [5.41, 5.74) is 0. The minimum absolute atomic E-state index is 0.0380. The van der Waals surface area contributed by atoms with E-state index < -0.39 is 0 Å². The Bertz CT molecular complexity index is 341. The van der Waals surface area contributed by atoms with Gasteiger partial charge in [-0.2, -0.15) is 0 Å². The van der Waals surface area contributed by atoms with E-state index in [0.717, 1.165) is 37.5 Å². The van der Waals surface area contributed by atoms with Crippen LogP contribution in [0.1, 0.15) is 39.0 Å². The molecule has 3 aliphatic carbocycles. The summed E-state index contributed by atoms with van der Waals surface area (Å²) in [5.74, 6) is 1.82. The minimum atomic E-state index is -0.389. The molecule has 0 aliphatic heterocycles. The molecule has 4 nitrogen and oxygen atoms in total. The van der Waals surface area contributed by atoms with E-state index in [2.05, 4.69) is 10.6 Å². The Kier molecular flexibility index (Phi) is 2.60. The molecule has 3 atom stereocenters. The second-order valence-electron chi connectivity index (χ2n) is 5.94. The largest absolute Gasteiger partial charge is 0.352 e. The number of nitrogens with one attached hydrogen (secondary N) is 2. The summed E-state index contributed by atoms with van der Waals surface area (Å²) in [6, 6.07) is -0.0268. The maximum atomic E-state index is 11.9. The molecular formula is C13H20N2O2. The van der Waals surface area contributed by atoms with E-state index in [4.69, 9.17) is 0 Å². The third-order valence-corrected chi connectivity index (χ3v) is 4.29. The number of carbonyl (C=O) groups is 2. The van der Waals surface area contributed by atoms with Crippen molar-refractivity contribution in [3.05, 3.63) is 0 Å². The van der Waals surface area contributed by atoms with Gasteiger partial charge in [-0.1, -0.05) is 0 Å². The second kappa shape index (κ2) is 4.00. The molecule has 3 fully saturated rings. The highest BCUT2D eigenvalue weighted by Crippen LogP contribution is 2.54. The standard InChI is InChI=1S/C13H20N2O2/c1-7(12(16)15-11-2-3-11)14-13(17)10-5-8-4-9(8)6-10/h7-11H,2-6H2,1H3,(H,14,17)(H,15,16). The molecule has 3 rings (SSSR count). The fourth-order valence-electron chi connectivity index (χ4n) is 2.88. The fraction of sp³-hybridized carbons (Fsp3) is 0.846. The minimum Gasteiger partial charge on any atom is -0.352 e. The summed E-state index contributed by atoms with van der Waals surface area (Å²) in [5, 5.41) is 5.76. The topological polar surface area (TPSA) is 58.2 Å². The summed E-state index contributed by atoms with van der Waals surface area (Å²) >= 11 is 0. The lowest BCUT2D eigenvalue weighted by molar-refractivity contribution is -0.130. The van der Waals surface area contributed by atoms with E-state index in [9.17, 15) is 9.59 Å². The van der Waals surface area contributed by atoms with Crippen LogP contribution in [0.2, 0.25) is 0 Å². The predicted octanol–water partition coefficient (Wildman–Crippen LogP) is 0.816. The van der Waals surface area contributed by atoms with Crippen LogP contribution in [0.15, 0.2) is 0 Å². The monoisotopic (exact) mass is 236 g/mol. The van der Waals surface area contributed by atoms with E-state index in [1.54, 1.807) is 6.92 Å². The number of fused-ring (bicyclic) bond motifs is 1. The quantitative estimate of drug-likeness (QED) is 0.759. The highest BCUT2D eigenvalue weighted by atomic mass is 16.2. The fourth-order valence-corrected chi connectivity index (χ4v) is 2.88. The van der Waals surface area contributed by atoms with Crippen molar-refractivity contribution >= 4 is 11.8 Å². The van der Waals surface area contributed by atoms with Crippen LogP contribution in [0.25, 0.3) is 0 Å². The molecule has 0 saturated heterocycles. The number of amides is 2. The van der Waals surface area contributed by atoms with Crippen molar-refractivity contribution in [2.75, 3.05) is 0 Å². The molecular weight excluding hydrogens is 216 g/mol. The smallest absolute Gasteiger partial charge is 0.242 e. The number of carbonyl (C=O) groups excluding carboxylic acids is 2. The molecule has 2 N–H and O–H groups in total. The number of hydrogen-bond acceptors (Lipinski definition) is 2. The zero-order valence-electron chi connectivity index (χ0n) is 10.2. The lowest BCUT2D eigenvalue weighted by Crippen LogP contribution is -2.47. The van der Waals surface area contributed by atoms with Crippen LogP contribution in [-0.4, -0.2) is 23.9 Å². The maximum absolute atomic E-state index is 11.9. The van der Waals surface area contributed by atoms with Crippen LogP contribution in [0.4, 0.5) is 0 Å².